The molecule has 0 saturated carbocycles. The van der Waals surface area contributed by atoms with E-state index in [1.54, 1.807) is 30.3 Å². The lowest BCUT2D eigenvalue weighted by Crippen LogP contribution is -2.30. The van der Waals surface area contributed by atoms with Gasteiger partial charge in [0.05, 0.1) is 0 Å². The highest BCUT2D eigenvalue weighted by Gasteiger charge is 2.14. The summed E-state index contributed by atoms with van der Waals surface area (Å²) in [5.74, 6) is 1.63. The largest absolute Gasteiger partial charge is 0.484 e. The lowest BCUT2D eigenvalue weighted by Gasteiger charge is -2.09. The van der Waals surface area contributed by atoms with Crippen molar-refractivity contribution in [3.05, 3.63) is 52.0 Å². The van der Waals surface area contributed by atoms with Crippen LogP contribution in [0.5, 0.6) is 17.2 Å². The molecule has 0 aromatic heterocycles. The van der Waals surface area contributed by atoms with Crippen LogP contribution >= 0.6 is 23.2 Å². The maximum atomic E-state index is 11.8. The van der Waals surface area contributed by atoms with Gasteiger partial charge in [0.2, 0.25) is 6.79 Å². The molecule has 3 rings (SSSR count). The first kappa shape index (κ1) is 16.7. The normalized spacial score (nSPS) is 12.1. The molecule has 0 unspecified atom stereocenters. The summed E-state index contributed by atoms with van der Waals surface area (Å²) in [5, 5.41) is 3.96. The van der Waals surface area contributed by atoms with E-state index in [4.69, 9.17) is 37.4 Å². The van der Waals surface area contributed by atoms with Crippen LogP contribution in [0.25, 0.3) is 0 Å². The topological polar surface area (TPSA) is 56.8 Å². The molecule has 5 nitrogen and oxygen atoms in total. The Labute approximate surface area is 149 Å². The number of amides is 1. The van der Waals surface area contributed by atoms with Gasteiger partial charge in [-0.05, 0) is 36.2 Å². The van der Waals surface area contributed by atoms with Crippen LogP contribution < -0.4 is 19.5 Å². The number of ether oxygens (including phenoxy) is 3. The van der Waals surface area contributed by atoms with Gasteiger partial charge in [-0.1, -0.05) is 29.3 Å². The van der Waals surface area contributed by atoms with Crippen LogP contribution in [0.15, 0.2) is 36.4 Å². The third-order valence-corrected chi connectivity index (χ3v) is 4.03. The first-order valence-electron chi connectivity index (χ1n) is 7.35. The number of fused-ring (bicyclic) bond motifs is 1. The van der Waals surface area contributed by atoms with Crippen molar-refractivity contribution in [2.24, 2.45) is 0 Å². The van der Waals surface area contributed by atoms with E-state index in [1.165, 1.54) is 0 Å². The highest BCUT2D eigenvalue weighted by molar-refractivity contribution is 6.35. The fourth-order valence-corrected chi connectivity index (χ4v) is 2.73. The van der Waals surface area contributed by atoms with Gasteiger partial charge in [-0.2, -0.15) is 0 Å². The number of hydrogen-bond acceptors (Lipinski definition) is 4. The van der Waals surface area contributed by atoms with E-state index in [1.807, 2.05) is 6.07 Å². The van der Waals surface area contributed by atoms with Gasteiger partial charge in [-0.3, -0.25) is 4.79 Å². The van der Waals surface area contributed by atoms with Crippen molar-refractivity contribution in [2.45, 2.75) is 6.42 Å². The van der Waals surface area contributed by atoms with Gasteiger partial charge in [0.15, 0.2) is 18.1 Å². The average Bonchev–Trinajstić information content (AvgIpc) is 3.02. The molecule has 24 heavy (non-hydrogen) atoms. The summed E-state index contributed by atoms with van der Waals surface area (Å²) in [7, 11) is 0. The molecule has 0 fully saturated rings. The molecular formula is C17H15Cl2NO4. The van der Waals surface area contributed by atoms with Crippen molar-refractivity contribution >= 4 is 29.1 Å². The molecule has 0 spiro atoms. The molecule has 7 heteroatoms. The number of rotatable bonds is 6. The lowest BCUT2D eigenvalue weighted by atomic mass is 10.1. The van der Waals surface area contributed by atoms with Crippen LogP contribution in [0.3, 0.4) is 0 Å². The second-order valence-electron chi connectivity index (χ2n) is 5.14. The molecule has 1 amide bonds. The summed E-state index contributed by atoms with van der Waals surface area (Å²) < 4.78 is 15.9. The van der Waals surface area contributed by atoms with E-state index in [9.17, 15) is 4.79 Å². The zero-order valence-electron chi connectivity index (χ0n) is 12.7. The SMILES string of the molecule is O=C(COc1ccc2c(c1)OCO2)NCCc1ccc(Cl)cc1Cl. The fraction of sp³-hybridized carbons (Fsp3) is 0.235. The summed E-state index contributed by atoms with van der Waals surface area (Å²) in [5.41, 5.74) is 0.929. The van der Waals surface area contributed by atoms with Crippen LogP contribution in [-0.2, 0) is 11.2 Å². The van der Waals surface area contributed by atoms with Gasteiger partial charge in [0.25, 0.3) is 5.91 Å². The molecular weight excluding hydrogens is 353 g/mol. The van der Waals surface area contributed by atoms with Crippen LogP contribution in [0.2, 0.25) is 10.0 Å². The number of carbonyl (C=O) groups excluding carboxylic acids is 1. The van der Waals surface area contributed by atoms with Gasteiger partial charge in [-0.15, -0.1) is 0 Å². The summed E-state index contributed by atoms with van der Waals surface area (Å²) >= 11 is 11.9. The van der Waals surface area contributed by atoms with Crippen molar-refractivity contribution in [1.82, 2.24) is 5.32 Å². The number of benzene rings is 2. The zero-order chi connectivity index (χ0) is 16.9. The Morgan fingerprint density at radius 2 is 1.96 bits per heavy atom. The summed E-state index contributed by atoms with van der Waals surface area (Å²) in [4.78, 5) is 11.8. The molecule has 0 atom stereocenters. The standard InChI is InChI=1S/C17H15Cl2NO4/c18-12-2-1-11(14(19)7-12)5-6-20-17(21)9-22-13-3-4-15-16(8-13)24-10-23-15/h1-4,7-8H,5-6,9-10H2,(H,20,21). The molecule has 126 valence electrons. The highest BCUT2D eigenvalue weighted by Crippen LogP contribution is 2.35. The van der Waals surface area contributed by atoms with Crippen LogP contribution in [0.1, 0.15) is 5.56 Å². The molecule has 0 bridgehead atoms. The predicted molar refractivity (Wildman–Crippen MR) is 91.2 cm³/mol. The summed E-state index contributed by atoms with van der Waals surface area (Å²) in [6.07, 6.45) is 0.617. The number of hydrogen-bond donors (Lipinski definition) is 1. The van der Waals surface area contributed by atoms with Gasteiger partial charge in [0.1, 0.15) is 5.75 Å². The summed E-state index contributed by atoms with van der Waals surface area (Å²) in [6, 6.07) is 10.5. The van der Waals surface area contributed by atoms with Crippen LogP contribution in [0.4, 0.5) is 0 Å². The highest BCUT2D eigenvalue weighted by atomic mass is 35.5. The van der Waals surface area contributed by atoms with E-state index in [0.717, 1.165) is 5.56 Å². The number of nitrogens with one attached hydrogen (secondary N) is 1. The minimum atomic E-state index is -0.210. The second kappa shape index (κ2) is 7.64. The van der Waals surface area contributed by atoms with E-state index >= 15 is 0 Å². The molecule has 1 heterocycles. The van der Waals surface area contributed by atoms with E-state index in [0.29, 0.717) is 40.3 Å². The minimum absolute atomic E-state index is 0.0754. The number of halogens is 2. The molecule has 1 aliphatic rings. The maximum absolute atomic E-state index is 11.8. The Balaban J connectivity index is 1.43. The van der Waals surface area contributed by atoms with Gasteiger partial charge in [-0.25, -0.2) is 0 Å². The Bertz CT molecular complexity index is 751. The van der Waals surface area contributed by atoms with Crippen molar-refractivity contribution in [2.75, 3.05) is 19.9 Å². The Morgan fingerprint density at radius 3 is 2.79 bits per heavy atom. The summed E-state index contributed by atoms with van der Waals surface area (Å²) in [6.45, 7) is 0.589. The Hall–Kier alpha value is -2.11. The third-order valence-electron chi connectivity index (χ3n) is 3.45. The molecule has 1 N–H and O–H groups in total. The molecule has 2 aromatic carbocycles. The Morgan fingerprint density at radius 1 is 1.12 bits per heavy atom. The van der Waals surface area contributed by atoms with Crippen molar-refractivity contribution in [1.29, 1.82) is 0 Å². The van der Waals surface area contributed by atoms with E-state index in [2.05, 4.69) is 5.32 Å². The van der Waals surface area contributed by atoms with Crippen molar-refractivity contribution in [3.63, 3.8) is 0 Å². The Kier molecular flexibility index (Phi) is 5.33. The zero-order valence-corrected chi connectivity index (χ0v) is 14.2. The molecule has 0 saturated heterocycles. The first-order chi connectivity index (χ1) is 11.6. The maximum Gasteiger partial charge on any atom is 0.257 e. The molecule has 0 aliphatic carbocycles. The quantitative estimate of drug-likeness (QED) is 0.849. The third kappa shape index (κ3) is 4.24. The fourth-order valence-electron chi connectivity index (χ4n) is 2.23. The van der Waals surface area contributed by atoms with Crippen molar-refractivity contribution in [3.8, 4) is 17.2 Å². The molecule has 2 aromatic rings. The first-order valence-corrected chi connectivity index (χ1v) is 8.10. The van der Waals surface area contributed by atoms with Gasteiger partial charge >= 0.3 is 0 Å². The monoisotopic (exact) mass is 367 g/mol. The number of carbonyl (C=O) groups is 1. The van der Waals surface area contributed by atoms with Gasteiger partial charge < -0.3 is 19.5 Å². The smallest absolute Gasteiger partial charge is 0.257 e. The molecule has 1 aliphatic heterocycles. The second-order valence-corrected chi connectivity index (χ2v) is 5.98. The minimum Gasteiger partial charge on any atom is -0.484 e. The lowest BCUT2D eigenvalue weighted by molar-refractivity contribution is -0.123. The average molecular weight is 368 g/mol. The molecule has 0 radical (unpaired) electrons. The van der Waals surface area contributed by atoms with Gasteiger partial charge in [0, 0.05) is 22.7 Å². The van der Waals surface area contributed by atoms with Crippen LogP contribution in [-0.4, -0.2) is 25.9 Å². The van der Waals surface area contributed by atoms with E-state index in [-0.39, 0.29) is 19.3 Å². The predicted octanol–water partition coefficient (Wildman–Crippen LogP) is 3.46. The van der Waals surface area contributed by atoms with Crippen LogP contribution in [0, 0.1) is 0 Å². The van der Waals surface area contributed by atoms with E-state index < -0.39 is 0 Å². The van der Waals surface area contributed by atoms with Crippen molar-refractivity contribution < 1.29 is 19.0 Å².